The van der Waals surface area contributed by atoms with Crippen LogP contribution in [0.5, 0.6) is 0 Å². The summed E-state index contributed by atoms with van der Waals surface area (Å²) in [5.74, 6) is 0. The van der Waals surface area contributed by atoms with Gasteiger partial charge in [-0.3, -0.25) is 0 Å². The minimum Gasteiger partial charge on any atom is -0.306 e. The van der Waals surface area contributed by atoms with Gasteiger partial charge in [0.2, 0.25) is 0 Å². The number of imidazole rings is 1. The summed E-state index contributed by atoms with van der Waals surface area (Å²) in [6.45, 7) is 5.99. The van der Waals surface area contributed by atoms with E-state index in [1.165, 1.54) is 0 Å². The third-order valence-electron chi connectivity index (χ3n) is 1.67. The summed E-state index contributed by atoms with van der Waals surface area (Å²) in [6.07, 6.45) is 0. The van der Waals surface area contributed by atoms with Gasteiger partial charge in [-0.25, -0.2) is 4.79 Å². The van der Waals surface area contributed by atoms with Gasteiger partial charge < -0.3 is 9.97 Å². The van der Waals surface area contributed by atoms with E-state index in [2.05, 4.69) is 9.97 Å². The number of aromatic amines is 2. The maximum absolute atomic E-state index is 10.8. The molecule has 3 nitrogen and oxygen atoms in total. The van der Waals surface area contributed by atoms with E-state index in [9.17, 15) is 4.79 Å². The number of hydrogen-bond acceptors (Lipinski definition) is 1. The van der Waals surface area contributed by atoms with Crippen molar-refractivity contribution >= 4 is 11.0 Å². The van der Waals surface area contributed by atoms with Gasteiger partial charge in [0.05, 0.1) is 11.0 Å². The van der Waals surface area contributed by atoms with E-state index in [4.69, 9.17) is 0 Å². The number of benzene rings is 1. The van der Waals surface area contributed by atoms with Crippen LogP contribution in [0.1, 0.15) is 22.3 Å². The van der Waals surface area contributed by atoms with Gasteiger partial charge in [-0.2, -0.15) is 0 Å². The van der Waals surface area contributed by atoms with Crippen molar-refractivity contribution in [2.75, 3.05) is 0 Å². The van der Waals surface area contributed by atoms with Crippen LogP contribution in [-0.2, 0) is 0 Å². The lowest BCUT2D eigenvalue weighted by Crippen LogP contribution is -1.99. The summed E-state index contributed by atoms with van der Waals surface area (Å²) in [5.41, 5.74) is 2.73. The smallest absolute Gasteiger partial charge is 0.306 e. The van der Waals surface area contributed by atoms with E-state index >= 15 is 0 Å². The van der Waals surface area contributed by atoms with Crippen LogP contribution in [0.2, 0.25) is 0 Å². The van der Waals surface area contributed by atoms with Gasteiger partial charge >= 0.3 is 5.69 Å². The molecule has 3 heteroatoms. The van der Waals surface area contributed by atoms with Crippen molar-refractivity contribution in [3.05, 3.63) is 34.2 Å². The molecule has 0 saturated carbocycles. The van der Waals surface area contributed by atoms with Crippen molar-refractivity contribution in [2.45, 2.75) is 20.8 Å². The predicted molar refractivity (Wildman–Crippen MR) is 59.2 cm³/mol. The lowest BCUT2D eigenvalue weighted by molar-refractivity contribution is 1.21. The fraction of sp³-hybridized carbons (Fsp3) is 0.300. The van der Waals surface area contributed by atoms with Crippen molar-refractivity contribution in [2.24, 2.45) is 0 Å². The highest BCUT2D eigenvalue weighted by Gasteiger charge is 1.95. The SMILES string of the molecule is CC.Cc1ccc2[nH]c(=O)[nH]c2c1.[HH].[HH]. The third-order valence-corrected chi connectivity index (χ3v) is 1.67. The zero-order valence-corrected chi connectivity index (χ0v) is 8.14. The summed E-state index contributed by atoms with van der Waals surface area (Å²) in [4.78, 5) is 16.2. The highest BCUT2D eigenvalue weighted by molar-refractivity contribution is 5.74. The van der Waals surface area contributed by atoms with Crippen LogP contribution in [-0.4, -0.2) is 9.97 Å². The van der Waals surface area contributed by atoms with E-state index < -0.39 is 0 Å². The molecule has 0 unspecified atom stereocenters. The second-order valence-corrected chi connectivity index (χ2v) is 2.63. The average Bonchev–Trinajstić information content (AvgIpc) is 2.48. The fourth-order valence-corrected chi connectivity index (χ4v) is 1.15. The quantitative estimate of drug-likeness (QED) is 0.646. The fourth-order valence-electron chi connectivity index (χ4n) is 1.15. The van der Waals surface area contributed by atoms with E-state index in [-0.39, 0.29) is 8.54 Å². The Labute approximate surface area is 79.8 Å². The summed E-state index contributed by atoms with van der Waals surface area (Å²) >= 11 is 0. The molecule has 0 bridgehead atoms. The first-order valence-electron chi connectivity index (χ1n) is 4.44. The summed E-state index contributed by atoms with van der Waals surface area (Å²) < 4.78 is 0. The summed E-state index contributed by atoms with van der Waals surface area (Å²) in [7, 11) is 0. The summed E-state index contributed by atoms with van der Waals surface area (Å²) in [6, 6.07) is 5.79. The molecule has 2 rings (SSSR count). The molecule has 0 amide bonds. The van der Waals surface area contributed by atoms with Gasteiger partial charge in [0.15, 0.2) is 0 Å². The molecule has 2 aromatic rings. The number of fused-ring (bicyclic) bond motifs is 1. The molecular formula is C10H18N2O. The van der Waals surface area contributed by atoms with Crippen molar-refractivity contribution in [3.8, 4) is 0 Å². The van der Waals surface area contributed by atoms with Gasteiger partial charge in [-0.1, -0.05) is 19.9 Å². The number of H-pyrrole nitrogens is 2. The summed E-state index contributed by atoms with van der Waals surface area (Å²) in [5, 5.41) is 0. The Morgan fingerprint density at radius 2 is 1.77 bits per heavy atom. The minimum atomic E-state index is -0.148. The zero-order valence-electron chi connectivity index (χ0n) is 8.14. The first kappa shape index (κ1) is 9.58. The minimum absolute atomic E-state index is 0. The second-order valence-electron chi connectivity index (χ2n) is 2.63. The van der Waals surface area contributed by atoms with Crippen LogP contribution >= 0.6 is 0 Å². The van der Waals surface area contributed by atoms with Crippen LogP contribution in [0.15, 0.2) is 23.0 Å². The molecule has 0 saturated heterocycles. The van der Waals surface area contributed by atoms with E-state index in [0.717, 1.165) is 16.6 Å². The van der Waals surface area contributed by atoms with Gasteiger partial charge in [0.1, 0.15) is 0 Å². The Balaban J connectivity index is 0. The standard InChI is InChI=1S/C8H8N2O.C2H6.2H2/c1-5-2-3-6-7(4-5)10-8(11)9-6;1-2;;/h2-4H,1H3,(H2,9,10,11);1-2H3;2*1H. The molecule has 1 aromatic heterocycles. The molecule has 2 N–H and O–H groups in total. The molecule has 0 atom stereocenters. The Morgan fingerprint density at radius 1 is 1.15 bits per heavy atom. The molecule has 74 valence electrons. The van der Waals surface area contributed by atoms with Crippen molar-refractivity contribution in [1.82, 2.24) is 9.97 Å². The van der Waals surface area contributed by atoms with Crippen LogP contribution in [0.25, 0.3) is 11.0 Å². The van der Waals surface area contributed by atoms with Gasteiger partial charge in [-0.15, -0.1) is 0 Å². The van der Waals surface area contributed by atoms with E-state index in [1.54, 1.807) is 0 Å². The molecule has 13 heavy (non-hydrogen) atoms. The number of aryl methyl sites for hydroxylation is 1. The van der Waals surface area contributed by atoms with Gasteiger partial charge in [0.25, 0.3) is 0 Å². The van der Waals surface area contributed by atoms with Gasteiger partial charge in [0, 0.05) is 2.85 Å². The molecule has 0 aliphatic heterocycles. The maximum atomic E-state index is 10.8. The van der Waals surface area contributed by atoms with Crippen LogP contribution in [0.3, 0.4) is 0 Å². The molecule has 0 spiro atoms. The van der Waals surface area contributed by atoms with Crippen LogP contribution in [0, 0.1) is 6.92 Å². The molecule has 1 aromatic carbocycles. The lowest BCUT2D eigenvalue weighted by atomic mass is 10.2. The maximum Gasteiger partial charge on any atom is 0.323 e. The van der Waals surface area contributed by atoms with Gasteiger partial charge in [-0.05, 0) is 24.6 Å². The lowest BCUT2D eigenvalue weighted by Gasteiger charge is -1.89. The second kappa shape index (κ2) is 3.94. The normalized spacial score (nSPS) is 9.46. The molecule has 0 radical (unpaired) electrons. The molecule has 0 fully saturated rings. The topological polar surface area (TPSA) is 48.6 Å². The molecule has 0 aliphatic rings. The molecule has 0 aliphatic carbocycles. The van der Waals surface area contributed by atoms with Crippen LogP contribution < -0.4 is 5.69 Å². The first-order valence-corrected chi connectivity index (χ1v) is 4.44. The molecular weight excluding hydrogens is 164 g/mol. The third kappa shape index (κ3) is 1.99. The Bertz CT molecular complexity index is 448. The van der Waals surface area contributed by atoms with Crippen molar-refractivity contribution < 1.29 is 2.85 Å². The first-order chi connectivity index (χ1) is 6.25. The average molecular weight is 182 g/mol. The number of aromatic nitrogens is 2. The van der Waals surface area contributed by atoms with Crippen molar-refractivity contribution in [1.29, 1.82) is 0 Å². The monoisotopic (exact) mass is 182 g/mol. The van der Waals surface area contributed by atoms with Crippen molar-refractivity contribution in [3.63, 3.8) is 0 Å². The predicted octanol–water partition coefficient (Wildman–Crippen LogP) is 2.68. The largest absolute Gasteiger partial charge is 0.323 e. The zero-order chi connectivity index (χ0) is 9.84. The van der Waals surface area contributed by atoms with E-state index in [0.29, 0.717) is 0 Å². The van der Waals surface area contributed by atoms with E-state index in [1.807, 2.05) is 39.0 Å². The Kier molecular flexibility index (Phi) is 2.90. The highest BCUT2D eigenvalue weighted by Crippen LogP contribution is 2.08. The Hall–Kier alpha value is -1.51. The number of nitrogens with one attached hydrogen (secondary N) is 2. The Morgan fingerprint density at radius 3 is 2.46 bits per heavy atom. The van der Waals surface area contributed by atoms with Crippen LogP contribution in [0.4, 0.5) is 0 Å². The number of hydrogen-bond donors (Lipinski definition) is 2. The highest BCUT2D eigenvalue weighted by atomic mass is 16.1. The molecule has 1 heterocycles. The number of rotatable bonds is 0.